The van der Waals surface area contributed by atoms with Gasteiger partial charge in [0.1, 0.15) is 0 Å². The van der Waals surface area contributed by atoms with E-state index in [4.69, 9.17) is 0 Å². The third kappa shape index (κ3) is 4.03. The minimum Gasteiger partial charge on any atom is -0.309 e. The Bertz CT molecular complexity index is 243. The van der Waals surface area contributed by atoms with Crippen LogP contribution < -0.4 is 5.32 Å². The normalized spacial score (nSPS) is 30.8. The number of allylic oxidation sites excluding steroid dienone is 1. The second-order valence-electron chi connectivity index (χ2n) is 5.65. The second-order valence-corrected chi connectivity index (χ2v) is 6.92. The van der Waals surface area contributed by atoms with Crippen molar-refractivity contribution in [3.8, 4) is 0 Å². The van der Waals surface area contributed by atoms with E-state index < -0.39 is 0 Å². The third-order valence-corrected chi connectivity index (χ3v) is 5.81. The van der Waals surface area contributed by atoms with Crippen LogP contribution >= 0.6 is 11.8 Å². The van der Waals surface area contributed by atoms with Crippen molar-refractivity contribution >= 4 is 11.8 Å². The minimum atomic E-state index is 0.552. The Morgan fingerprint density at radius 2 is 2.00 bits per heavy atom. The van der Waals surface area contributed by atoms with Crippen molar-refractivity contribution in [3.63, 3.8) is 0 Å². The first-order valence-electron chi connectivity index (χ1n) is 7.30. The van der Waals surface area contributed by atoms with E-state index in [1.165, 1.54) is 64.3 Å². The van der Waals surface area contributed by atoms with Crippen LogP contribution in [0.3, 0.4) is 0 Å². The predicted octanol–water partition coefficient (Wildman–Crippen LogP) is 4.14. The van der Waals surface area contributed by atoms with E-state index in [-0.39, 0.29) is 0 Å². The first-order chi connectivity index (χ1) is 8.35. The third-order valence-electron chi connectivity index (χ3n) is 4.39. The van der Waals surface area contributed by atoms with Gasteiger partial charge in [0.25, 0.3) is 0 Å². The summed E-state index contributed by atoms with van der Waals surface area (Å²) in [4.78, 5) is 0. The van der Waals surface area contributed by atoms with Gasteiger partial charge in [-0.25, -0.2) is 0 Å². The number of rotatable bonds is 4. The second kappa shape index (κ2) is 6.84. The van der Waals surface area contributed by atoms with Crippen LogP contribution in [0.1, 0.15) is 57.8 Å². The molecular formula is C15H27NS. The Kier molecular flexibility index (Phi) is 5.43. The first-order valence-corrected chi connectivity index (χ1v) is 8.52. The molecule has 0 saturated heterocycles. The average Bonchev–Trinajstić information content (AvgIpc) is 2.77. The van der Waals surface area contributed by atoms with Gasteiger partial charge in [0.2, 0.25) is 0 Å². The number of hydrogen-bond donors (Lipinski definition) is 1. The van der Waals surface area contributed by atoms with Gasteiger partial charge in [0, 0.05) is 17.3 Å². The summed E-state index contributed by atoms with van der Waals surface area (Å²) in [6.45, 7) is 1.21. The lowest BCUT2D eigenvalue weighted by Gasteiger charge is -2.29. The van der Waals surface area contributed by atoms with Crippen molar-refractivity contribution in [3.05, 3.63) is 12.2 Å². The van der Waals surface area contributed by atoms with Crippen molar-refractivity contribution in [2.75, 3.05) is 12.8 Å². The maximum absolute atomic E-state index is 3.82. The fourth-order valence-electron chi connectivity index (χ4n) is 3.12. The smallest absolute Gasteiger partial charge is 0.0281 e. The van der Waals surface area contributed by atoms with E-state index in [9.17, 15) is 0 Å². The van der Waals surface area contributed by atoms with Crippen molar-refractivity contribution in [2.45, 2.75) is 68.6 Å². The number of nitrogens with one attached hydrogen (secondary N) is 1. The summed E-state index contributed by atoms with van der Waals surface area (Å²) in [7, 11) is 0. The molecule has 0 spiro atoms. The zero-order valence-electron chi connectivity index (χ0n) is 11.2. The van der Waals surface area contributed by atoms with Gasteiger partial charge in [-0.2, -0.15) is 11.8 Å². The highest BCUT2D eigenvalue weighted by Crippen LogP contribution is 2.39. The molecule has 0 radical (unpaired) electrons. The molecule has 0 aromatic carbocycles. The van der Waals surface area contributed by atoms with Gasteiger partial charge in [-0.1, -0.05) is 37.8 Å². The largest absolute Gasteiger partial charge is 0.309 e. The number of thioether (sulfide) groups is 1. The van der Waals surface area contributed by atoms with E-state index in [1.54, 1.807) is 0 Å². The van der Waals surface area contributed by atoms with Crippen LogP contribution in [-0.4, -0.2) is 23.6 Å². The van der Waals surface area contributed by atoms with Gasteiger partial charge in [0.05, 0.1) is 0 Å². The zero-order chi connectivity index (χ0) is 12.0. The van der Waals surface area contributed by atoms with E-state index >= 15 is 0 Å². The standard InChI is InChI=1S/C15H27NS/c1-17-15(11-7-8-12-15)13-16-14-9-5-3-2-4-6-10-14/h5,9,14,16H,2-4,6-8,10-13H2,1H3/b9-5+. The molecule has 98 valence electrons. The van der Waals surface area contributed by atoms with Crippen LogP contribution in [0.15, 0.2) is 12.2 Å². The number of hydrogen-bond acceptors (Lipinski definition) is 2. The molecule has 1 fully saturated rings. The molecular weight excluding hydrogens is 226 g/mol. The molecule has 1 nitrogen and oxygen atoms in total. The van der Waals surface area contributed by atoms with Crippen molar-refractivity contribution in [1.82, 2.24) is 5.32 Å². The van der Waals surface area contributed by atoms with Gasteiger partial charge < -0.3 is 5.32 Å². The van der Waals surface area contributed by atoms with Crippen molar-refractivity contribution < 1.29 is 0 Å². The topological polar surface area (TPSA) is 12.0 Å². The summed E-state index contributed by atoms with van der Waals surface area (Å²) < 4.78 is 0.552. The zero-order valence-corrected chi connectivity index (χ0v) is 12.0. The highest BCUT2D eigenvalue weighted by Gasteiger charge is 2.32. The monoisotopic (exact) mass is 253 g/mol. The van der Waals surface area contributed by atoms with Crippen molar-refractivity contribution in [1.29, 1.82) is 0 Å². The highest BCUT2D eigenvalue weighted by molar-refractivity contribution is 8.00. The van der Waals surface area contributed by atoms with Gasteiger partial charge in [0.15, 0.2) is 0 Å². The van der Waals surface area contributed by atoms with Crippen LogP contribution in [0.2, 0.25) is 0 Å². The molecule has 0 amide bonds. The molecule has 0 aromatic rings. The highest BCUT2D eigenvalue weighted by atomic mass is 32.2. The Balaban J connectivity index is 1.81. The Morgan fingerprint density at radius 3 is 2.76 bits per heavy atom. The molecule has 2 aliphatic carbocycles. The predicted molar refractivity (Wildman–Crippen MR) is 78.7 cm³/mol. The van der Waals surface area contributed by atoms with Gasteiger partial charge in [-0.05, 0) is 38.4 Å². The van der Waals surface area contributed by atoms with E-state index in [0.29, 0.717) is 10.8 Å². The van der Waals surface area contributed by atoms with Crippen LogP contribution in [0.4, 0.5) is 0 Å². The molecule has 0 bridgehead atoms. The fourth-order valence-corrected chi connectivity index (χ4v) is 4.04. The molecule has 0 aliphatic heterocycles. The summed E-state index contributed by atoms with van der Waals surface area (Å²) in [6, 6.07) is 0.639. The molecule has 1 atom stereocenters. The summed E-state index contributed by atoms with van der Waals surface area (Å²) in [5, 5.41) is 3.82. The van der Waals surface area contributed by atoms with E-state index in [1.807, 2.05) is 0 Å². The molecule has 2 rings (SSSR count). The molecule has 2 heteroatoms. The summed E-state index contributed by atoms with van der Waals surface area (Å²) in [5.74, 6) is 0. The Morgan fingerprint density at radius 1 is 1.18 bits per heavy atom. The van der Waals surface area contributed by atoms with Crippen LogP contribution in [0.5, 0.6) is 0 Å². The fraction of sp³-hybridized carbons (Fsp3) is 0.867. The quantitative estimate of drug-likeness (QED) is 0.756. The van der Waals surface area contributed by atoms with Gasteiger partial charge >= 0.3 is 0 Å². The van der Waals surface area contributed by atoms with Crippen LogP contribution in [-0.2, 0) is 0 Å². The Hall–Kier alpha value is 0.0500. The lowest BCUT2D eigenvalue weighted by atomic mass is 10.0. The maximum atomic E-state index is 3.82. The minimum absolute atomic E-state index is 0.552. The maximum Gasteiger partial charge on any atom is 0.0281 e. The first kappa shape index (κ1) is 13.5. The van der Waals surface area contributed by atoms with E-state index in [0.717, 1.165) is 0 Å². The van der Waals surface area contributed by atoms with Crippen LogP contribution in [0.25, 0.3) is 0 Å². The molecule has 1 saturated carbocycles. The lowest BCUT2D eigenvalue weighted by molar-refractivity contribution is 0.462. The van der Waals surface area contributed by atoms with Crippen molar-refractivity contribution in [2.24, 2.45) is 0 Å². The van der Waals surface area contributed by atoms with E-state index in [2.05, 4.69) is 35.5 Å². The molecule has 0 heterocycles. The van der Waals surface area contributed by atoms with Crippen LogP contribution in [0, 0.1) is 0 Å². The lowest BCUT2D eigenvalue weighted by Crippen LogP contribution is -2.40. The molecule has 1 N–H and O–H groups in total. The molecule has 2 aliphatic rings. The van der Waals surface area contributed by atoms with Gasteiger partial charge in [-0.3, -0.25) is 0 Å². The molecule has 0 aromatic heterocycles. The summed E-state index contributed by atoms with van der Waals surface area (Å²) >= 11 is 2.09. The molecule has 1 unspecified atom stereocenters. The van der Waals surface area contributed by atoms with Gasteiger partial charge in [-0.15, -0.1) is 0 Å². The average molecular weight is 253 g/mol. The summed E-state index contributed by atoms with van der Waals surface area (Å²) in [5.41, 5.74) is 0. The molecule has 17 heavy (non-hydrogen) atoms. The SMILES string of the molecule is CSC1(CNC2/C=C/CCCCC2)CCCC1. The summed E-state index contributed by atoms with van der Waals surface area (Å²) in [6.07, 6.45) is 19.6. The Labute approximate surface area is 111 Å².